The predicted molar refractivity (Wildman–Crippen MR) is 96.9 cm³/mol. The lowest BCUT2D eigenvalue weighted by atomic mass is 10.00. The summed E-state index contributed by atoms with van der Waals surface area (Å²) in [5.74, 6) is 0.0863. The Morgan fingerprint density at radius 2 is 2.16 bits per heavy atom. The topological polar surface area (TPSA) is 93.1 Å². The Hall–Kier alpha value is -1.93. The van der Waals surface area contributed by atoms with Crippen LogP contribution in [0.15, 0.2) is 24.3 Å². The van der Waals surface area contributed by atoms with Gasteiger partial charge in [0.1, 0.15) is 18.1 Å². The summed E-state index contributed by atoms with van der Waals surface area (Å²) in [5.41, 5.74) is 1.47. The lowest BCUT2D eigenvalue weighted by Gasteiger charge is -2.30. The van der Waals surface area contributed by atoms with E-state index in [1.807, 2.05) is 24.3 Å². The van der Waals surface area contributed by atoms with Crippen LogP contribution in [-0.2, 0) is 26.9 Å². The van der Waals surface area contributed by atoms with Crippen LogP contribution in [0.2, 0.25) is 0 Å². The fourth-order valence-corrected chi connectivity index (χ4v) is 3.97. The molecule has 1 amide bonds. The first-order valence-corrected chi connectivity index (χ1v) is 10.5. The van der Waals surface area contributed by atoms with Crippen molar-refractivity contribution in [3.63, 3.8) is 0 Å². The highest BCUT2D eigenvalue weighted by molar-refractivity contribution is 7.89. The number of fused-ring (bicyclic) bond motifs is 1. The molecule has 0 radical (unpaired) electrons. The van der Waals surface area contributed by atoms with Crippen molar-refractivity contribution in [1.82, 2.24) is 20.2 Å². The Kier molecular flexibility index (Phi) is 5.10. The van der Waals surface area contributed by atoms with Crippen molar-refractivity contribution >= 4 is 26.8 Å². The second-order valence-electron chi connectivity index (χ2n) is 6.73. The molecule has 8 heteroatoms. The number of imidazole rings is 1. The highest BCUT2D eigenvalue weighted by atomic mass is 32.2. The van der Waals surface area contributed by atoms with E-state index in [-0.39, 0.29) is 30.3 Å². The Morgan fingerprint density at radius 1 is 1.40 bits per heavy atom. The lowest BCUT2D eigenvalue weighted by molar-refractivity contribution is -0.122. The molecule has 136 valence electrons. The molecule has 0 bridgehead atoms. The van der Waals surface area contributed by atoms with Gasteiger partial charge in [-0.05, 0) is 38.4 Å². The van der Waals surface area contributed by atoms with Gasteiger partial charge in [0.15, 0.2) is 9.84 Å². The maximum Gasteiger partial charge on any atom is 0.240 e. The minimum absolute atomic E-state index is 0.0641. The van der Waals surface area contributed by atoms with Gasteiger partial charge in [-0.25, -0.2) is 13.4 Å². The molecule has 25 heavy (non-hydrogen) atoms. The summed E-state index contributed by atoms with van der Waals surface area (Å²) < 4.78 is 25.1. The number of rotatable bonds is 5. The summed E-state index contributed by atoms with van der Waals surface area (Å²) in [6.45, 7) is 3.10. The fourth-order valence-electron chi connectivity index (χ4n) is 3.28. The number of benzene rings is 1. The van der Waals surface area contributed by atoms with Gasteiger partial charge in [0.05, 0.1) is 11.0 Å². The largest absolute Gasteiger partial charge is 0.350 e. The zero-order valence-electron chi connectivity index (χ0n) is 14.5. The van der Waals surface area contributed by atoms with Gasteiger partial charge in [0.2, 0.25) is 5.91 Å². The van der Waals surface area contributed by atoms with Crippen molar-refractivity contribution in [3.8, 4) is 0 Å². The van der Waals surface area contributed by atoms with E-state index in [1.165, 1.54) is 6.26 Å². The third-order valence-corrected chi connectivity index (χ3v) is 5.32. The van der Waals surface area contributed by atoms with Crippen LogP contribution in [-0.4, -0.2) is 48.8 Å². The average molecular weight is 364 g/mol. The molecule has 1 aliphatic heterocycles. The zero-order chi connectivity index (χ0) is 18.0. The number of carbonyl (C=O) groups is 1. The van der Waals surface area contributed by atoms with E-state index in [4.69, 9.17) is 0 Å². The summed E-state index contributed by atoms with van der Waals surface area (Å²) in [4.78, 5) is 17.0. The average Bonchev–Trinajstić information content (AvgIpc) is 2.85. The van der Waals surface area contributed by atoms with E-state index in [2.05, 4.69) is 22.5 Å². The second kappa shape index (κ2) is 7.13. The molecule has 2 N–H and O–H groups in total. The summed E-state index contributed by atoms with van der Waals surface area (Å²) in [5, 5.41) is 6.42. The molecule has 3 rings (SSSR count). The lowest BCUT2D eigenvalue weighted by Crippen LogP contribution is -2.52. The van der Waals surface area contributed by atoms with Gasteiger partial charge in [-0.2, -0.15) is 0 Å². The van der Waals surface area contributed by atoms with Crippen LogP contribution in [0.4, 0.5) is 0 Å². The molecule has 7 nitrogen and oxygen atoms in total. The third-order valence-electron chi connectivity index (χ3n) is 4.53. The van der Waals surface area contributed by atoms with Gasteiger partial charge in [0.25, 0.3) is 0 Å². The molecular formula is C17H24N4O3S. The summed E-state index contributed by atoms with van der Waals surface area (Å²) >= 11 is 0. The quantitative estimate of drug-likeness (QED) is 0.820. The number of sulfone groups is 1. The molecule has 2 atom stereocenters. The number of para-hydroxylation sites is 2. The smallest absolute Gasteiger partial charge is 0.240 e. The minimum Gasteiger partial charge on any atom is -0.350 e. The van der Waals surface area contributed by atoms with Gasteiger partial charge >= 0.3 is 0 Å². The fraction of sp³-hybridized carbons (Fsp3) is 0.529. The van der Waals surface area contributed by atoms with Crippen LogP contribution in [0.3, 0.4) is 0 Å². The van der Waals surface area contributed by atoms with E-state index >= 15 is 0 Å². The predicted octanol–water partition coefficient (Wildman–Crippen LogP) is 0.838. The molecule has 0 spiro atoms. The Bertz CT molecular complexity index is 875. The maximum atomic E-state index is 12.5. The van der Waals surface area contributed by atoms with Crippen molar-refractivity contribution in [2.45, 2.75) is 44.1 Å². The van der Waals surface area contributed by atoms with Crippen LogP contribution in [0.1, 0.15) is 25.6 Å². The number of nitrogens with one attached hydrogen (secondary N) is 2. The number of hydrogen-bond donors (Lipinski definition) is 2. The molecule has 2 unspecified atom stereocenters. The van der Waals surface area contributed by atoms with Crippen LogP contribution in [0.25, 0.3) is 11.0 Å². The van der Waals surface area contributed by atoms with Gasteiger partial charge in [-0.15, -0.1) is 0 Å². The van der Waals surface area contributed by atoms with Gasteiger partial charge in [-0.1, -0.05) is 12.1 Å². The van der Waals surface area contributed by atoms with Crippen molar-refractivity contribution < 1.29 is 13.2 Å². The molecule has 2 heterocycles. The number of hydrogen-bond acceptors (Lipinski definition) is 5. The number of aromatic nitrogens is 2. The van der Waals surface area contributed by atoms with E-state index in [9.17, 15) is 13.2 Å². The molecule has 2 aromatic rings. The molecule has 1 aliphatic rings. The Labute approximate surface area is 147 Å². The van der Waals surface area contributed by atoms with Gasteiger partial charge in [-0.3, -0.25) is 4.79 Å². The molecule has 1 fully saturated rings. The summed E-state index contributed by atoms with van der Waals surface area (Å²) in [6.07, 6.45) is 3.15. The van der Waals surface area contributed by atoms with Crippen molar-refractivity contribution in [1.29, 1.82) is 0 Å². The molecule has 1 saturated heterocycles. The Balaban J connectivity index is 1.83. The van der Waals surface area contributed by atoms with Crippen molar-refractivity contribution in [2.24, 2.45) is 0 Å². The van der Waals surface area contributed by atoms with Crippen LogP contribution >= 0.6 is 0 Å². The Morgan fingerprint density at radius 3 is 2.88 bits per heavy atom. The first-order valence-electron chi connectivity index (χ1n) is 8.48. The van der Waals surface area contributed by atoms with E-state index in [0.29, 0.717) is 11.3 Å². The second-order valence-corrected chi connectivity index (χ2v) is 8.87. The van der Waals surface area contributed by atoms with Crippen molar-refractivity contribution in [2.75, 3.05) is 12.8 Å². The van der Waals surface area contributed by atoms with E-state index in [1.54, 1.807) is 4.57 Å². The summed E-state index contributed by atoms with van der Waals surface area (Å²) in [7, 11) is -3.24. The zero-order valence-corrected chi connectivity index (χ0v) is 15.3. The van der Waals surface area contributed by atoms with Gasteiger partial charge < -0.3 is 15.2 Å². The number of nitrogens with zero attached hydrogens (tertiary/aromatic N) is 2. The molecular weight excluding hydrogens is 340 g/mol. The maximum absolute atomic E-state index is 12.5. The first-order chi connectivity index (χ1) is 11.8. The van der Waals surface area contributed by atoms with Crippen molar-refractivity contribution in [3.05, 3.63) is 30.1 Å². The SMILES string of the molecule is CC1NCCCC1NC(=O)Cn1c(CS(C)(=O)=O)nc2ccccc21. The molecule has 1 aromatic heterocycles. The van der Waals surface area contributed by atoms with Crippen LogP contribution in [0, 0.1) is 0 Å². The van der Waals surface area contributed by atoms with E-state index < -0.39 is 9.84 Å². The summed E-state index contributed by atoms with van der Waals surface area (Å²) in [6, 6.07) is 7.70. The van der Waals surface area contributed by atoms with E-state index in [0.717, 1.165) is 24.9 Å². The number of carbonyl (C=O) groups excluding carboxylic acids is 1. The third kappa shape index (κ3) is 4.38. The minimum atomic E-state index is -3.24. The normalized spacial score (nSPS) is 21.4. The highest BCUT2D eigenvalue weighted by Crippen LogP contribution is 2.18. The monoisotopic (exact) mass is 364 g/mol. The standard InChI is InChI=1S/C17H24N4O3S/c1-12-13(7-5-9-18-12)20-17(22)10-21-15-8-4-3-6-14(15)19-16(21)11-25(2,23)24/h3-4,6,8,12-13,18H,5,7,9-11H2,1-2H3,(H,20,22). The number of piperidine rings is 1. The first kappa shape index (κ1) is 17.9. The molecule has 0 aliphatic carbocycles. The number of amides is 1. The van der Waals surface area contributed by atoms with Crippen LogP contribution < -0.4 is 10.6 Å². The molecule has 0 saturated carbocycles. The highest BCUT2D eigenvalue weighted by Gasteiger charge is 2.23. The molecule has 1 aromatic carbocycles. The van der Waals surface area contributed by atoms with Gasteiger partial charge in [0, 0.05) is 18.3 Å². The van der Waals surface area contributed by atoms with Crippen LogP contribution in [0.5, 0.6) is 0 Å².